The van der Waals surface area contributed by atoms with Gasteiger partial charge >= 0.3 is 0 Å². The zero-order chi connectivity index (χ0) is 25.6. The first kappa shape index (κ1) is 21.9. The lowest BCUT2D eigenvalue weighted by atomic mass is 10.1. The van der Waals surface area contributed by atoms with Gasteiger partial charge in [0.05, 0.1) is 29.2 Å². The number of benzene rings is 5. The number of hydrogen-bond acceptors (Lipinski definition) is 3. The molecule has 2 heterocycles. The highest BCUT2D eigenvalue weighted by molar-refractivity contribution is 6.17. The van der Waals surface area contributed by atoms with E-state index >= 15 is 0 Å². The Kier molecular flexibility index (Phi) is 4.99. The first-order chi connectivity index (χ1) is 18.7. The van der Waals surface area contributed by atoms with Crippen molar-refractivity contribution >= 4 is 49.6 Å². The van der Waals surface area contributed by atoms with E-state index in [1.165, 1.54) is 5.39 Å². The zero-order valence-electron chi connectivity index (χ0n) is 20.4. The number of para-hydroxylation sites is 2. The smallest absolute Gasteiger partial charge is 0.136 e. The molecule has 0 spiro atoms. The average molecular weight is 491 g/mol. The zero-order valence-corrected chi connectivity index (χ0v) is 20.4. The van der Waals surface area contributed by atoms with Crippen molar-refractivity contribution in [3.8, 4) is 11.8 Å². The Labute approximate surface area is 218 Å². The number of rotatable bonds is 4. The normalized spacial score (nSPS) is 12.0. The Morgan fingerprint density at radius 2 is 1.55 bits per heavy atom. The summed E-state index contributed by atoms with van der Waals surface area (Å²) in [5, 5.41) is 13.7. The van der Waals surface area contributed by atoms with E-state index in [-0.39, 0.29) is 0 Å². The van der Waals surface area contributed by atoms with Crippen molar-refractivity contribution in [2.75, 3.05) is 0 Å². The number of nitriles is 1. The summed E-state index contributed by atoms with van der Waals surface area (Å²) in [7, 11) is 0. The summed E-state index contributed by atoms with van der Waals surface area (Å²) in [6.07, 6.45) is 0. The molecule has 7 rings (SSSR count). The fourth-order valence-corrected chi connectivity index (χ4v) is 5.27. The van der Waals surface area contributed by atoms with Gasteiger partial charge in [0.25, 0.3) is 0 Å². The lowest BCUT2D eigenvalue weighted by molar-refractivity contribution is 0.669. The molecule has 0 saturated heterocycles. The largest absolute Gasteiger partial charge is 0.456 e. The lowest BCUT2D eigenvalue weighted by Crippen LogP contribution is -2.13. The molecule has 7 aromatic rings. The van der Waals surface area contributed by atoms with Crippen LogP contribution in [0, 0.1) is 11.3 Å². The standard InChI is InChI=1S/C33H22N4O/c34-19-21-7-5-9-23(15-21)33(35)36-20-22-8-6-10-24(16-22)37-29-13-3-1-11-25(29)27-18-32-28(17-30(27)37)26-12-2-4-14-31(26)38-32/h1-18H,20H2,(H2,35,36). The second-order valence-corrected chi connectivity index (χ2v) is 9.38. The van der Waals surface area contributed by atoms with Crippen LogP contribution in [0.25, 0.3) is 49.4 Å². The predicted octanol–water partition coefficient (Wildman–Crippen LogP) is 7.46. The third-order valence-corrected chi connectivity index (χ3v) is 7.06. The van der Waals surface area contributed by atoms with E-state index in [2.05, 4.69) is 82.4 Å². The second kappa shape index (κ2) is 8.65. The molecular weight excluding hydrogens is 468 g/mol. The molecule has 38 heavy (non-hydrogen) atoms. The molecule has 0 aliphatic rings. The van der Waals surface area contributed by atoms with Crippen molar-refractivity contribution in [1.82, 2.24) is 4.57 Å². The van der Waals surface area contributed by atoms with E-state index in [1.807, 2.05) is 30.3 Å². The van der Waals surface area contributed by atoms with Crippen LogP contribution in [0.3, 0.4) is 0 Å². The van der Waals surface area contributed by atoms with Gasteiger partial charge in [-0.25, -0.2) is 0 Å². The van der Waals surface area contributed by atoms with E-state index in [9.17, 15) is 5.26 Å². The van der Waals surface area contributed by atoms with Crippen LogP contribution in [0.5, 0.6) is 0 Å². The van der Waals surface area contributed by atoms with Crippen molar-refractivity contribution in [2.24, 2.45) is 10.7 Å². The summed E-state index contributed by atoms with van der Waals surface area (Å²) >= 11 is 0. The van der Waals surface area contributed by atoms with Crippen LogP contribution in [0.2, 0.25) is 0 Å². The van der Waals surface area contributed by atoms with Gasteiger partial charge in [-0.3, -0.25) is 4.99 Å². The summed E-state index contributed by atoms with van der Waals surface area (Å²) in [6, 6.07) is 38.8. The molecule has 0 unspecified atom stereocenters. The molecule has 0 amide bonds. The fourth-order valence-electron chi connectivity index (χ4n) is 5.27. The van der Waals surface area contributed by atoms with Crippen molar-refractivity contribution < 1.29 is 4.42 Å². The minimum Gasteiger partial charge on any atom is -0.456 e. The molecular formula is C33H22N4O. The maximum atomic E-state index is 9.18. The number of furan rings is 1. The van der Waals surface area contributed by atoms with Crippen molar-refractivity contribution in [3.63, 3.8) is 0 Å². The Morgan fingerprint density at radius 3 is 2.45 bits per heavy atom. The molecule has 0 bridgehead atoms. The lowest BCUT2D eigenvalue weighted by Gasteiger charge is -2.10. The second-order valence-electron chi connectivity index (χ2n) is 9.38. The average Bonchev–Trinajstić information content (AvgIpc) is 3.49. The highest BCUT2D eigenvalue weighted by Crippen LogP contribution is 2.38. The van der Waals surface area contributed by atoms with E-state index in [0.717, 1.165) is 55.2 Å². The van der Waals surface area contributed by atoms with Crippen LogP contribution in [0.4, 0.5) is 0 Å². The molecule has 0 radical (unpaired) electrons. The SMILES string of the molecule is N#Cc1cccc(C(N)=NCc2cccc(-n3c4ccccc4c4cc5oc6ccccc6c5cc43)c2)c1. The summed E-state index contributed by atoms with van der Waals surface area (Å²) in [6.45, 7) is 0.435. The van der Waals surface area contributed by atoms with Gasteiger partial charge in [0.1, 0.15) is 17.0 Å². The van der Waals surface area contributed by atoms with Crippen LogP contribution < -0.4 is 5.73 Å². The Balaban J connectivity index is 1.36. The maximum absolute atomic E-state index is 9.18. The molecule has 0 aliphatic heterocycles. The predicted molar refractivity (Wildman–Crippen MR) is 154 cm³/mol. The third-order valence-electron chi connectivity index (χ3n) is 7.06. The van der Waals surface area contributed by atoms with Gasteiger partial charge in [-0.1, -0.05) is 60.7 Å². The molecule has 0 aliphatic carbocycles. The number of aromatic nitrogens is 1. The van der Waals surface area contributed by atoms with Gasteiger partial charge < -0.3 is 14.7 Å². The molecule has 5 heteroatoms. The highest BCUT2D eigenvalue weighted by atomic mass is 16.3. The van der Waals surface area contributed by atoms with Crippen LogP contribution in [0.1, 0.15) is 16.7 Å². The quantitative estimate of drug-likeness (QED) is 0.205. The molecule has 5 nitrogen and oxygen atoms in total. The van der Waals surface area contributed by atoms with Crippen LogP contribution in [0.15, 0.2) is 119 Å². The van der Waals surface area contributed by atoms with Gasteiger partial charge in [-0.05, 0) is 54.1 Å². The van der Waals surface area contributed by atoms with E-state index in [1.54, 1.807) is 12.1 Å². The molecule has 2 aromatic heterocycles. The monoisotopic (exact) mass is 490 g/mol. The van der Waals surface area contributed by atoms with Crippen LogP contribution in [-0.2, 0) is 6.54 Å². The summed E-state index contributed by atoms with van der Waals surface area (Å²) in [4.78, 5) is 4.62. The molecule has 5 aromatic carbocycles. The number of nitrogens with zero attached hydrogens (tertiary/aromatic N) is 3. The first-order valence-electron chi connectivity index (χ1n) is 12.4. The molecule has 0 saturated carbocycles. The summed E-state index contributed by atoms with van der Waals surface area (Å²) in [5.74, 6) is 0.415. The van der Waals surface area contributed by atoms with Gasteiger partial charge in [-0.15, -0.1) is 0 Å². The number of aliphatic imine (C=N–C) groups is 1. The fraction of sp³-hybridized carbons (Fsp3) is 0.0303. The van der Waals surface area contributed by atoms with Crippen molar-refractivity contribution in [2.45, 2.75) is 6.54 Å². The highest BCUT2D eigenvalue weighted by Gasteiger charge is 2.16. The van der Waals surface area contributed by atoms with E-state index in [4.69, 9.17) is 10.2 Å². The molecule has 0 fully saturated rings. The van der Waals surface area contributed by atoms with Crippen LogP contribution in [-0.4, -0.2) is 10.4 Å². The molecule has 0 atom stereocenters. The van der Waals surface area contributed by atoms with E-state index in [0.29, 0.717) is 17.9 Å². The maximum Gasteiger partial charge on any atom is 0.136 e. The first-order valence-corrected chi connectivity index (χ1v) is 12.4. The Bertz CT molecular complexity index is 2090. The molecule has 180 valence electrons. The Morgan fingerprint density at radius 1 is 0.737 bits per heavy atom. The minimum absolute atomic E-state index is 0.415. The summed E-state index contributed by atoms with van der Waals surface area (Å²) < 4.78 is 8.50. The van der Waals surface area contributed by atoms with E-state index < -0.39 is 0 Å². The number of nitrogens with two attached hydrogens (primary N) is 1. The van der Waals surface area contributed by atoms with Crippen molar-refractivity contribution in [1.29, 1.82) is 5.26 Å². The van der Waals surface area contributed by atoms with Gasteiger partial charge in [0.15, 0.2) is 0 Å². The number of amidine groups is 1. The molecule has 2 N–H and O–H groups in total. The van der Waals surface area contributed by atoms with Gasteiger partial charge in [0, 0.05) is 32.8 Å². The number of fused-ring (bicyclic) bond motifs is 6. The van der Waals surface area contributed by atoms with Crippen molar-refractivity contribution in [3.05, 3.63) is 126 Å². The minimum atomic E-state index is 0.415. The van der Waals surface area contributed by atoms with Crippen LogP contribution >= 0.6 is 0 Å². The van der Waals surface area contributed by atoms with Gasteiger partial charge in [-0.2, -0.15) is 5.26 Å². The number of hydrogen-bond donors (Lipinski definition) is 1. The Hall–Kier alpha value is -5.34. The van der Waals surface area contributed by atoms with Gasteiger partial charge in [0.2, 0.25) is 0 Å². The third kappa shape index (κ3) is 3.51. The topological polar surface area (TPSA) is 80.2 Å². The summed E-state index contributed by atoms with van der Waals surface area (Å²) in [5.41, 5.74) is 13.7.